The van der Waals surface area contributed by atoms with Crippen LogP contribution < -0.4 is 11.1 Å². The van der Waals surface area contributed by atoms with E-state index in [0.717, 1.165) is 22.7 Å². The van der Waals surface area contributed by atoms with E-state index in [1.165, 1.54) is 25.6 Å². The molecule has 6 heteroatoms. The Morgan fingerprint density at radius 1 is 1.24 bits per heavy atom. The van der Waals surface area contributed by atoms with Crippen LogP contribution in [0.2, 0.25) is 0 Å². The van der Waals surface area contributed by atoms with Crippen LogP contribution in [0.25, 0.3) is 15.8 Å². The molecule has 0 radical (unpaired) electrons. The van der Waals surface area contributed by atoms with Crippen LogP contribution in [-0.4, -0.2) is 23.1 Å². The fourth-order valence-electron chi connectivity index (χ4n) is 3.45. The summed E-state index contributed by atoms with van der Waals surface area (Å²) < 4.78 is 0. The van der Waals surface area contributed by atoms with Crippen molar-refractivity contribution in [3.8, 4) is 0 Å². The number of nitrogens with zero attached hydrogens (tertiary/aromatic N) is 2. The smallest absolute Gasteiger partial charge is 0.124 e. The zero-order chi connectivity index (χ0) is 17.0. The lowest BCUT2D eigenvalue weighted by molar-refractivity contribution is 0.737. The minimum absolute atomic E-state index is 0.402. The summed E-state index contributed by atoms with van der Waals surface area (Å²) in [6, 6.07) is 10.9. The topological polar surface area (TPSA) is 63.3 Å². The minimum Gasteiger partial charge on any atom is -0.399 e. The van der Waals surface area contributed by atoms with Crippen molar-refractivity contribution in [1.82, 2.24) is 10.3 Å². The molecule has 3 N–H and O–H groups in total. The van der Waals surface area contributed by atoms with E-state index in [0.29, 0.717) is 6.04 Å². The molecule has 4 nitrogen and oxygen atoms in total. The van der Waals surface area contributed by atoms with Gasteiger partial charge in [-0.2, -0.15) is 10.9 Å². The first-order chi connectivity index (χ1) is 12.2. The van der Waals surface area contributed by atoms with E-state index in [2.05, 4.69) is 52.0 Å². The van der Waals surface area contributed by atoms with E-state index in [4.69, 9.17) is 5.73 Å². The number of anilines is 1. The predicted molar refractivity (Wildman–Crippen MR) is 110 cm³/mol. The second kappa shape index (κ2) is 5.69. The van der Waals surface area contributed by atoms with Crippen molar-refractivity contribution in [3.05, 3.63) is 47.5 Å². The van der Waals surface area contributed by atoms with Gasteiger partial charge in [-0.25, -0.2) is 9.98 Å². The van der Waals surface area contributed by atoms with Gasteiger partial charge >= 0.3 is 0 Å². The first-order valence-electron chi connectivity index (χ1n) is 8.26. The quantitative estimate of drug-likeness (QED) is 0.467. The number of hydrogen-bond acceptors (Lipinski definition) is 5. The van der Waals surface area contributed by atoms with Gasteiger partial charge in [0.25, 0.3) is 0 Å². The Morgan fingerprint density at radius 2 is 2.16 bits per heavy atom. The molecular formula is C19H18N4S2. The Kier molecular flexibility index (Phi) is 3.45. The highest BCUT2D eigenvalue weighted by atomic mass is 32.2. The summed E-state index contributed by atoms with van der Waals surface area (Å²) in [5.41, 5.74) is 11.1. The highest BCUT2D eigenvalue weighted by Crippen LogP contribution is 2.54. The molecule has 2 aliphatic heterocycles. The second-order valence-electron chi connectivity index (χ2n) is 6.31. The van der Waals surface area contributed by atoms with Gasteiger partial charge in [-0.05, 0) is 42.8 Å². The maximum atomic E-state index is 5.90. The maximum absolute atomic E-state index is 5.90. The first kappa shape index (κ1) is 15.1. The summed E-state index contributed by atoms with van der Waals surface area (Å²) in [5, 5.41) is 4.72. The van der Waals surface area contributed by atoms with Crippen molar-refractivity contribution in [2.24, 2.45) is 4.99 Å². The molecule has 5 rings (SSSR count). The number of aromatic nitrogens is 1. The number of nitrogens with two attached hydrogens (primary N) is 1. The molecule has 126 valence electrons. The second-order valence-corrected chi connectivity index (χ2v) is 9.28. The van der Waals surface area contributed by atoms with Crippen molar-refractivity contribution in [2.45, 2.75) is 22.8 Å². The Labute approximate surface area is 152 Å². The molecule has 2 atom stereocenters. The number of pyridine rings is 1. The summed E-state index contributed by atoms with van der Waals surface area (Å²) >= 11 is 1.78. The van der Waals surface area contributed by atoms with Gasteiger partial charge in [0.1, 0.15) is 4.83 Å². The monoisotopic (exact) mass is 366 g/mol. The molecule has 0 fully saturated rings. The lowest BCUT2D eigenvalue weighted by Gasteiger charge is -2.15. The molecule has 0 saturated carbocycles. The van der Waals surface area contributed by atoms with Crippen molar-refractivity contribution in [2.75, 3.05) is 12.3 Å². The maximum Gasteiger partial charge on any atom is 0.124 e. The highest BCUT2D eigenvalue weighted by Gasteiger charge is 2.22. The Morgan fingerprint density at radius 3 is 3.00 bits per heavy atom. The molecule has 0 amide bonds. The Hall–Kier alpha value is -2.15. The third kappa shape index (κ3) is 2.40. The van der Waals surface area contributed by atoms with E-state index in [-0.39, 0.29) is 0 Å². The summed E-state index contributed by atoms with van der Waals surface area (Å²) in [6.07, 6.45) is 4.21. The molecule has 2 aromatic heterocycles. The van der Waals surface area contributed by atoms with Gasteiger partial charge in [0.05, 0.1) is 5.69 Å². The van der Waals surface area contributed by atoms with Crippen LogP contribution in [0.15, 0.2) is 57.4 Å². The molecular weight excluding hydrogens is 348 g/mol. The minimum atomic E-state index is -0.594. The van der Waals surface area contributed by atoms with Crippen molar-refractivity contribution in [1.29, 1.82) is 0 Å². The Bertz CT molecular complexity index is 1050. The van der Waals surface area contributed by atoms with Crippen molar-refractivity contribution < 1.29 is 0 Å². The van der Waals surface area contributed by atoms with Crippen LogP contribution in [0, 0.1) is 0 Å². The van der Waals surface area contributed by atoms with E-state index < -0.39 is 10.9 Å². The number of nitrogens with one attached hydrogen (secondary N) is 1. The third-order valence-corrected chi connectivity index (χ3v) is 7.99. The molecule has 2 aliphatic rings. The number of fused-ring (bicyclic) bond motifs is 2. The predicted octanol–water partition coefficient (Wildman–Crippen LogP) is 4.35. The lowest BCUT2D eigenvalue weighted by atomic mass is 10.1. The number of thiol groups is 1. The van der Waals surface area contributed by atoms with Crippen LogP contribution in [0.5, 0.6) is 0 Å². The average Bonchev–Trinajstić information content (AvgIpc) is 3.30. The van der Waals surface area contributed by atoms with Gasteiger partial charge < -0.3 is 11.1 Å². The molecule has 1 aromatic carbocycles. The molecule has 25 heavy (non-hydrogen) atoms. The number of nitrogen functional groups attached to an aromatic ring is 1. The summed E-state index contributed by atoms with van der Waals surface area (Å²) in [6.45, 7) is 3.16. The summed E-state index contributed by atoms with van der Waals surface area (Å²) in [5.74, 6) is 0. The normalized spacial score (nSPS) is 23.2. The van der Waals surface area contributed by atoms with Gasteiger partial charge in [-0.3, -0.25) is 0 Å². The van der Waals surface area contributed by atoms with Crippen molar-refractivity contribution >= 4 is 54.9 Å². The molecule has 0 saturated heterocycles. The van der Waals surface area contributed by atoms with Crippen molar-refractivity contribution in [3.63, 3.8) is 0 Å². The Balaban J connectivity index is 1.64. The lowest BCUT2D eigenvalue weighted by Crippen LogP contribution is -2.19. The van der Waals surface area contributed by atoms with Crippen LogP contribution in [-0.2, 0) is 0 Å². The molecule has 3 aromatic rings. The van der Waals surface area contributed by atoms with E-state index in [1.54, 1.807) is 11.3 Å². The summed E-state index contributed by atoms with van der Waals surface area (Å²) in [7, 11) is -0.594. The van der Waals surface area contributed by atoms with Crippen LogP contribution in [0.3, 0.4) is 0 Å². The number of aliphatic imine (C=N–C) groups is 1. The number of hydrogen-bond donors (Lipinski definition) is 3. The first-order valence-corrected chi connectivity index (χ1v) is 10.5. The van der Waals surface area contributed by atoms with Gasteiger partial charge in [0.15, 0.2) is 0 Å². The number of thiophene rings is 1. The van der Waals surface area contributed by atoms with E-state index >= 15 is 0 Å². The van der Waals surface area contributed by atoms with Crippen LogP contribution in [0.1, 0.15) is 11.8 Å². The largest absolute Gasteiger partial charge is 0.399 e. The van der Waals surface area contributed by atoms with E-state index in [9.17, 15) is 0 Å². The highest BCUT2D eigenvalue weighted by molar-refractivity contribution is 8.29. The van der Waals surface area contributed by atoms with Crippen LogP contribution >= 0.6 is 22.2 Å². The fourth-order valence-corrected chi connectivity index (χ4v) is 6.69. The molecule has 2 unspecified atom stereocenters. The van der Waals surface area contributed by atoms with Gasteiger partial charge in [-0.15, -0.1) is 11.3 Å². The summed E-state index contributed by atoms with van der Waals surface area (Å²) in [4.78, 5) is 14.2. The number of benzene rings is 1. The molecule has 0 aliphatic carbocycles. The van der Waals surface area contributed by atoms with Gasteiger partial charge in [-0.1, -0.05) is 6.08 Å². The molecule has 0 spiro atoms. The average molecular weight is 367 g/mol. The van der Waals surface area contributed by atoms with Gasteiger partial charge in [0.2, 0.25) is 0 Å². The number of rotatable bonds is 2. The zero-order valence-electron chi connectivity index (χ0n) is 13.7. The molecule has 0 bridgehead atoms. The van der Waals surface area contributed by atoms with Gasteiger partial charge in [0, 0.05) is 50.1 Å². The SMILES string of the molecule is CC1NCC=C1c1cc2c([SH]3C=Nc4cc(N)ccc43)ccnc2s1. The fraction of sp³-hybridized carbons (Fsp3) is 0.158. The third-order valence-electron chi connectivity index (χ3n) is 4.74. The van der Waals surface area contributed by atoms with Crippen LogP contribution in [0.4, 0.5) is 11.4 Å². The molecule has 4 heterocycles. The standard InChI is InChI=1S/C19H18N4S2/c1-11-13(4-6-21-11)16-9-14-17(5-7-22-19(14)24-16)25-10-23-15-8-12(20)2-3-18(15)25/h2-5,7-11,21,25H,6,20H2,1H3. The van der Waals surface area contributed by atoms with E-state index in [1.807, 2.05) is 18.3 Å². The zero-order valence-corrected chi connectivity index (χ0v) is 15.4.